The van der Waals surface area contributed by atoms with Crippen molar-refractivity contribution in [2.45, 2.75) is 0 Å². The predicted molar refractivity (Wildman–Crippen MR) is 94.5 cm³/mol. The van der Waals surface area contributed by atoms with Gasteiger partial charge in [0.2, 0.25) is 5.43 Å². The molecule has 0 radical (unpaired) electrons. The molecule has 0 saturated heterocycles. The molecule has 1 aromatic carbocycles. The van der Waals surface area contributed by atoms with Gasteiger partial charge in [-0.3, -0.25) is 9.78 Å². The molecule has 0 aliphatic rings. The third-order valence-electron chi connectivity index (χ3n) is 3.29. The van der Waals surface area contributed by atoms with Gasteiger partial charge in [-0.15, -0.1) is 0 Å². The lowest BCUT2D eigenvalue weighted by Gasteiger charge is -2.11. The Morgan fingerprint density at radius 3 is 2.54 bits per heavy atom. The zero-order valence-corrected chi connectivity index (χ0v) is 12.8. The van der Waals surface area contributed by atoms with Gasteiger partial charge in [0, 0.05) is 36.6 Å². The molecule has 3 rings (SSSR count). The SMILES string of the molecule is N=C/C=C(\Nc1ccccc1)c1nn(-c2ccncc2)ccc1=O. The van der Waals surface area contributed by atoms with E-state index in [1.54, 1.807) is 35.4 Å². The molecule has 0 unspecified atom stereocenters. The first-order valence-electron chi connectivity index (χ1n) is 7.31. The zero-order valence-electron chi connectivity index (χ0n) is 12.8. The van der Waals surface area contributed by atoms with Crippen LogP contribution in [-0.2, 0) is 0 Å². The molecule has 2 N–H and O–H groups in total. The lowest BCUT2D eigenvalue weighted by atomic mass is 10.2. The van der Waals surface area contributed by atoms with Gasteiger partial charge in [-0.1, -0.05) is 18.2 Å². The Balaban J connectivity index is 2.03. The predicted octanol–water partition coefficient (Wildman–Crippen LogP) is 2.73. The van der Waals surface area contributed by atoms with Crippen molar-refractivity contribution in [1.82, 2.24) is 14.8 Å². The van der Waals surface area contributed by atoms with Gasteiger partial charge in [-0.2, -0.15) is 5.10 Å². The lowest BCUT2D eigenvalue weighted by Crippen LogP contribution is -2.18. The summed E-state index contributed by atoms with van der Waals surface area (Å²) in [6, 6.07) is 14.5. The largest absolute Gasteiger partial charge is 0.354 e. The average Bonchev–Trinajstić information content (AvgIpc) is 2.63. The Morgan fingerprint density at radius 1 is 1.08 bits per heavy atom. The average molecular weight is 317 g/mol. The molecule has 0 aliphatic heterocycles. The third kappa shape index (κ3) is 3.44. The van der Waals surface area contributed by atoms with E-state index < -0.39 is 0 Å². The first-order valence-corrected chi connectivity index (χ1v) is 7.31. The highest BCUT2D eigenvalue weighted by atomic mass is 16.1. The van der Waals surface area contributed by atoms with Crippen molar-refractivity contribution in [1.29, 1.82) is 5.41 Å². The summed E-state index contributed by atoms with van der Waals surface area (Å²) in [5.74, 6) is 0. The summed E-state index contributed by atoms with van der Waals surface area (Å²) in [5, 5.41) is 14.9. The maximum Gasteiger partial charge on any atom is 0.209 e. The van der Waals surface area contributed by atoms with Crippen LogP contribution in [0.5, 0.6) is 0 Å². The van der Waals surface area contributed by atoms with Gasteiger partial charge >= 0.3 is 0 Å². The molecule has 6 heteroatoms. The molecule has 2 aromatic heterocycles. The molecular formula is C18H15N5O. The van der Waals surface area contributed by atoms with E-state index in [2.05, 4.69) is 15.4 Å². The van der Waals surface area contributed by atoms with Crippen molar-refractivity contribution >= 4 is 17.6 Å². The van der Waals surface area contributed by atoms with Gasteiger partial charge in [-0.25, -0.2) is 4.68 Å². The fraction of sp³-hybridized carbons (Fsp3) is 0. The van der Waals surface area contributed by atoms with Crippen LogP contribution in [0.25, 0.3) is 11.4 Å². The van der Waals surface area contributed by atoms with E-state index in [-0.39, 0.29) is 11.1 Å². The number of pyridine rings is 1. The molecule has 118 valence electrons. The quantitative estimate of drug-likeness (QED) is 0.709. The van der Waals surface area contributed by atoms with Crippen LogP contribution in [0.2, 0.25) is 0 Å². The summed E-state index contributed by atoms with van der Waals surface area (Å²) >= 11 is 0. The van der Waals surface area contributed by atoms with Crippen LogP contribution in [0, 0.1) is 5.41 Å². The van der Waals surface area contributed by atoms with Crippen LogP contribution in [-0.4, -0.2) is 21.0 Å². The van der Waals surface area contributed by atoms with Gasteiger partial charge in [-0.05, 0) is 30.3 Å². The number of rotatable bonds is 5. The Morgan fingerprint density at radius 2 is 1.83 bits per heavy atom. The normalized spacial score (nSPS) is 11.1. The second-order valence-electron chi connectivity index (χ2n) is 4.92. The van der Waals surface area contributed by atoms with Crippen LogP contribution in [0.15, 0.2) is 78.0 Å². The van der Waals surface area contributed by atoms with Crippen molar-refractivity contribution in [2.75, 3.05) is 5.32 Å². The maximum atomic E-state index is 12.3. The number of aromatic nitrogens is 3. The number of hydrogen-bond donors (Lipinski definition) is 2. The molecule has 0 fully saturated rings. The van der Waals surface area contributed by atoms with E-state index in [1.807, 2.05) is 30.3 Å². The van der Waals surface area contributed by atoms with Gasteiger partial charge in [0.1, 0.15) is 0 Å². The molecule has 24 heavy (non-hydrogen) atoms. The second kappa shape index (κ2) is 7.15. The molecule has 0 bridgehead atoms. The molecule has 0 amide bonds. The smallest absolute Gasteiger partial charge is 0.209 e. The van der Waals surface area contributed by atoms with E-state index in [1.165, 1.54) is 12.1 Å². The molecule has 3 aromatic rings. The van der Waals surface area contributed by atoms with Crippen LogP contribution < -0.4 is 10.7 Å². The Labute approximate surface area is 138 Å². The second-order valence-corrected chi connectivity index (χ2v) is 4.92. The number of anilines is 1. The highest BCUT2D eigenvalue weighted by molar-refractivity contribution is 5.86. The molecular weight excluding hydrogens is 302 g/mol. The molecule has 6 nitrogen and oxygen atoms in total. The fourth-order valence-electron chi connectivity index (χ4n) is 2.17. The van der Waals surface area contributed by atoms with Gasteiger partial charge in [0.15, 0.2) is 5.69 Å². The first-order chi connectivity index (χ1) is 11.8. The van der Waals surface area contributed by atoms with E-state index in [0.717, 1.165) is 17.6 Å². The summed E-state index contributed by atoms with van der Waals surface area (Å²) in [6.45, 7) is 0. The third-order valence-corrected chi connectivity index (χ3v) is 3.29. The van der Waals surface area contributed by atoms with Crippen LogP contribution in [0.1, 0.15) is 5.69 Å². The minimum absolute atomic E-state index is 0.225. The lowest BCUT2D eigenvalue weighted by molar-refractivity contribution is 0.823. The van der Waals surface area contributed by atoms with E-state index in [0.29, 0.717) is 5.70 Å². The number of nitrogens with one attached hydrogen (secondary N) is 2. The Hall–Kier alpha value is -3.54. The molecule has 0 spiro atoms. The van der Waals surface area contributed by atoms with E-state index in [9.17, 15) is 4.79 Å². The van der Waals surface area contributed by atoms with Crippen molar-refractivity contribution in [3.63, 3.8) is 0 Å². The monoisotopic (exact) mass is 317 g/mol. The zero-order chi connectivity index (χ0) is 16.8. The minimum Gasteiger partial charge on any atom is -0.354 e. The first kappa shape index (κ1) is 15.4. The Kier molecular flexibility index (Phi) is 4.57. The summed E-state index contributed by atoms with van der Waals surface area (Å²) in [4.78, 5) is 16.2. The van der Waals surface area contributed by atoms with Crippen molar-refractivity contribution in [3.05, 3.63) is 89.1 Å². The number of nitrogens with zero attached hydrogens (tertiary/aromatic N) is 3. The standard InChI is InChI=1S/C18H15N5O/c19-10-6-16(21-14-4-2-1-3-5-14)18-17(24)9-13-23(22-18)15-7-11-20-12-8-15/h1-13,19,21H/b16-6-,19-10?. The highest BCUT2D eigenvalue weighted by Gasteiger charge is 2.10. The van der Waals surface area contributed by atoms with E-state index in [4.69, 9.17) is 5.41 Å². The molecule has 0 saturated carbocycles. The topological polar surface area (TPSA) is 83.7 Å². The summed E-state index contributed by atoms with van der Waals surface area (Å²) in [5.41, 5.74) is 2.08. The number of hydrogen-bond acceptors (Lipinski definition) is 5. The van der Waals surface area contributed by atoms with Crippen LogP contribution in [0.3, 0.4) is 0 Å². The fourth-order valence-corrected chi connectivity index (χ4v) is 2.17. The van der Waals surface area contributed by atoms with Crippen molar-refractivity contribution in [2.24, 2.45) is 0 Å². The van der Waals surface area contributed by atoms with Crippen LogP contribution >= 0.6 is 0 Å². The van der Waals surface area contributed by atoms with Crippen molar-refractivity contribution < 1.29 is 0 Å². The summed E-state index contributed by atoms with van der Waals surface area (Å²) in [6.07, 6.45) is 7.55. The van der Waals surface area contributed by atoms with Gasteiger partial charge in [0.25, 0.3) is 0 Å². The minimum atomic E-state index is -0.225. The van der Waals surface area contributed by atoms with Gasteiger partial charge in [0.05, 0.1) is 11.4 Å². The summed E-state index contributed by atoms with van der Waals surface area (Å²) in [7, 11) is 0. The molecule has 2 heterocycles. The molecule has 0 atom stereocenters. The van der Waals surface area contributed by atoms with Crippen LogP contribution in [0.4, 0.5) is 5.69 Å². The summed E-state index contributed by atoms with van der Waals surface area (Å²) < 4.78 is 1.60. The van der Waals surface area contributed by atoms with E-state index >= 15 is 0 Å². The molecule has 0 aliphatic carbocycles. The number of para-hydroxylation sites is 1. The number of benzene rings is 1. The number of allylic oxidation sites excluding steroid dienone is 1. The maximum absolute atomic E-state index is 12.3. The van der Waals surface area contributed by atoms with Gasteiger partial charge < -0.3 is 10.7 Å². The Bertz CT molecular complexity index is 917. The highest BCUT2D eigenvalue weighted by Crippen LogP contribution is 2.14. The van der Waals surface area contributed by atoms with Crippen molar-refractivity contribution in [3.8, 4) is 5.69 Å².